The van der Waals surface area contributed by atoms with E-state index in [2.05, 4.69) is 20.9 Å². The fraction of sp³-hybridized carbons (Fsp3) is 0.0833. The van der Waals surface area contributed by atoms with E-state index in [1.54, 1.807) is 12.1 Å². The molecule has 17 heavy (non-hydrogen) atoms. The smallest absolute Gasteiger partial charge is 0.115 e. The lowest BCUT2D eigenvalue weighted by Crippen LogP contribution is -1.84. The minimum Gasteiger partial charge on any atom is -0.248 e. The molecule has 0 saturated heterocycles. The van der Waals surface area contributed by atoms with Gasteiger partial charge in [0.15, 0.2) is 0 Å². The lowest BCUT2D eigenvalue weighted by atomic mass is 10.3. The van der Waals surface area contributed by atoms with Crippen LogP contribution in [0.25, 0.3) is 0 Å². The Balaban J connectivity index is 2.34. The van der Waals surface area contributed by atoms with Crippen LogP contribution >= 0.6 is 50.9 Å². The van der Waals surface area contributed by atoms with Gasteiger partial charge in [-0.2, -0.15) is 0 Å². The number of aromatic nitrogens is 1. The van der Waals surface area contributed by atoms with Crippen LogP contribution in [0.5, 0.6) is 0 Å². The Kier molecular flexibility index (Phi) is 4.36. The number of pyridine rings is 1. The molecule has 1 aromatic heterocycles. The molecule has 2 rings (SSSR count). The van der Waals surface area contributed by atoms with E-state index in [1.807, 2.05) is 25.3 Å². The molecule has 0 spiro atoms. The summed E-state index contributed by atoms with van der Waals surface area (Å²) in [6.07, 6.45) is 1.82. The molecule has 0 N–H and O–H groups in total. The fourth-order valence-electron chi connectivity index (χ4n) is 1.26. The van der Waals surface area contributed by atoms with Crippen molar-refractivity contribution in [1.29, 1.82) is 0 Å². The van der Waals surface area contributed by atoms with Gasteiger partial charge in [-0.25, -0.2) is 4.98 Å². The van der Waals surface area contributed by atoms with Gasteiger partial charge in [0.2, 0.25) is 0 Å². The topological polar surface area (TPSA) is 12.9 Å². The van der Waals surface area contributed by atoms with Gasteiger partial charge < -0.3 is 0 Å². The van der Waals surface area contributed by atoms with Gasteiger partial charge in [-0.05, 0) is 52.7 Å². The summed E-state index contributed by atoms with van der Waals surface area (Å²) in [6, 6.07) is 7.41. The Bertz CT molecular complexity index is 560. The van der Waals surface area contributed by atoms with Crippen molar-refractivity contribution in [2.24, 2.45) is 0 Å². The molecule has 0 aliphatic heterocycles. The van der Waals surface area contributed by atoms with E-state index in [1.165, 1.54) is 11.8 Å². The summed E-state index contributed by atoms with van der Waals surface area (Å²) in [7, 11) is 0. The summed E-state index contributed by atoms with van der Waals surface area (Å²) < 4.78 is 0.957. The quantitative estimate of drug-likeness (QED) is 0.699. The predicted molar refractivity (Wildman–Crippen MR) is 77.3 cm³/mol. The van der Waals surface area contributed by atoms with Crippen molar-refractivity contribution < 1.29 is 0 Å². The van der Waals surface area contributed by atoms with Crippen LogP contribution in [-0.4, -0.2) is 4.98 Å². The predicted octanol–water partition coefficient (Wildman–Crippen LogP) is 5.61. The van der Waals surface area contributed by atoms with Gasteiger partial charge in [0, 0.05) is 16.1 Å². The zero-order chi connectivity index (χ0) is 12.4. The lowest BCUT2D eigenvalue weighted by Gasteiger charge is -2.06. The summed E-state index contributed by atoms with van der Waals surface area (Å²) in [5, 5.41) is 2.22. The molecular formula is C12H8BrCl2NS. The van der Waals surface area contributed by atoms with E-state index >= 15 is 0 Å². The third-order valence-electron chi connectivity index (χ3n) is 2.04. The van der Waals surface area contributed by atoms with Crippen molar-refractivity contribution in [2.45, 2.75) is 16.8 Å². The third kappa shape index (κ3) is 3.38. The molecule has 0 atom stereocenters. The van der Waals surface area contributed by atoms with Crippen LogP contribution in [-0.2, 0) is 0 Å². The lowest BCUT2D eigenvalue weighted by molar-refractivity contribution is 1.08. The monoisotopic (exact) mass is 347 g/mol. The Morgan fingerprint density at radius 1 is 1.24 bits per heavy atom. The number of hydrogen-bond donors (Lipinski definition) is 0. The largest absolute Gasteiger partial charge is 0.248 e. The summed E-state index contributed by atoms with van der Waals surface area (Å²) >= 11 is 17.0. The minimum atomic E-state index is 0.667. The molecule has 2 aromatic rings. The van der Waals surface area contributed by atoms with Gasteiger partial charge in [0.25, 0.3) is 0 Å². The van der Waals surface area contributed by atoms with Crippen LogP contribution in [0.1, 0.15) is 5.56 Å². The SMILES string of the molecule is Cc1cnc(Sc2cc(Cl)ccc2Cl)c(Br)c1. The van der Waals surface area contributed by atoms with Crippen molar-refractivity contribution in [3.63, 3.8) is 0 Å². The van der Waals surface area contributed by atoms with Gasteiger partial charge in [-0.3, -0.25) is 0 Å². The van der Waals surface area contributed by atoms with Crippen LogP contribution in [0.2, 0.25) is 10.0 Å². The van der Waals surface area contributed by atoms with E-state index in [4.69, 9.17) is 23.2 Å². The fourth-order valence-corrected chi connectivity index (χ4v) is 3.25. The second-order valence-electron chi connectivity index (χ2n) is 3.48. The Morgan fingerprint density at radius 3 is 2.71 bits per heavy atom. The highest BCUT2D eigenvalue weighted by molar-refractivity contribution is 9.10. The molecule has 0 amide bonds. The normalized spacial score (nSPS) is 10.6. The van der Waals surface area contributed by atoms with Gasteiger partial charge in [-0.1, -0.05) is 35.0 Å². The number of hydrogen-bond acceptors (Lipinski definition) is 2. The molecule has 0 saturated carbocycles. The van der Waals surface area contributed by atoms with E-state index in [9.17, 15) is 0 Å². The molecule has 1 heterocycles. The zero-order valence-electron chi connectivity index (χ0n) is 8.88. The van der Waals surface area contributed by atoms with Gasteiger partial charge >= 0.3 is 0 Å². The molecule has 0 fully saturated rings. The van der Waals surface area contributed by atoms with Crippen molar-refractivity contribution >= 4 is 50.9 Å². The Hall–Kier alpha value is -0.220. The Morgan fingerprint density at radius 2 is 2.00 bits per heavy atom. The molecule has 88 valence electrons. The van der Waals surface area contributed by atoms with Gasteiger partial charge in [-0.15, -0.1) is 0 Å². The molecule has 1 aromatic carbocycles. The average molecular weight is 349 g/mol. The van der Waals surface area contributed by atoms with Crippen LogP contribution in [0, 0.1) is 6.92 Å². The first-order chi connectivity index (χ1) is 8.06. The average Bonchev–Trinajstić information content (AvgIpc) is 2.27. The van der Waals surface area contributed by atoms with Gasteiger partial charge in [0.1, 0.15) is 5.03 Å². The second kappa shape index (κ2) is 5.61. The number of aryl methyl sites for hydroxylation is 1. The number of benzene rings is 1. The van der Waals surface area contributed by atoms with Crippen molar-refractivity contribution in [2.75, 3.05) is 0 Å². The summed E-state index contributed by atoms with van der Waals surface area (Å²) in [4.78, 5) is 5.26. The zero-order valence-corrected chi connectivity index (χ0v) is 12.8. The van der Waals surface area contributed by atoms with Crippen molar-refractivity contribution in [3.05, 3.63) is 50.5 Å². The third-order valence-corrected chi connectivity index (χ3v) is 4.66. The first kappa shape index (κ1) is 13.2. The molecule has 0 radical (unpaired) electrons. The van der Waals surface area contributed by atoms with Crippen LogP contribution in [0.15, 0.2) is 44.9 Å². The first-order valence-electron chi connectivity index (χ1n) is 4.81. The highest BCUT2D eigenvalue weighted by atomic mass is 79.9. The second-order valence-corrected chi connectivity index (χ2v) is 6.21. The maximum atomic E-state index is 6.11. The molecule has 0 bridgehead atoms. The Labute approximate surface area is 123 Å². The maximum Gasteiger partial charge on any atom is 0.115 e. The highest BCUT2D eigenvalue weighted by Crippen LogP contribution is 2.37. The molecule has 0 aliphatic carbocycles. The van der Waals surface area contributed by atoms with Crippen molar-refractivity contribution in [3.8, 4) is 0 Å². The number of rotatable bonds is 2. The van der Waals surface area contributed by atoms with Crippen LogP contribution in [0.3, 0.4) is 0 Å². The molecule has 0 unspecified atom stereocenters. The van der Waals surface area contributed by atoms with E-state index in [-0.39, 0.29) is 0 Å². The van der Waals surface area contributed by atoms with E-state index in [0.717, 1.165) is 20.0 Å². The summed E-state index contributed by atoms with van der Waals surface area (Å²) in [5.41, 5.74) is 1.11. The van der Waals surface area contributed by atoms with E-state index in [0.29, 0.717) is 10.0 Å². The van der Waals surface area contributed by atoms with Crippen LogP contribution < -0.4 is 0 Å². The summed E-state index contributed by atoms with van der Waals surface area (Å²) in [5.74, 6) is 0. The molecule has 5 heteroatoms. The van der Waals surface area contributed by atoms with E-state index < -0.39 is 0 Å². The maximum absolute atomic E-state index is 6.11. The van der Waals surface area contributed by atoms with Crippen molar-refractivity contribution in [1.82, 2.24) is 4.98 Å². The van der Waals surface area contributed by atoms with Crippen LogP contribution in [0.4, 0.5) is 0 Å². The standard InChI is InChI=1S/C12H8BrCl2NS/c1-7-4-9(13)12(16-6-7)17-11-5-8(14)2-3-10(11)15/h2-6H,1H3. The highest BCUT2D eigenvalue weighted by Gasteiger charge is 2.08. The minimum absolute atomic E-state index is 0.667. The first-order valence-corrected chi connectivity index (χ1v) is 7.18. The number of halogens is 3. The number of nitrogens with zero attached hydrogens (tertiary/aromatic N) is 1. The van der Waals surface area contributed by atoms with Gasteiger partial charge in [0.05, 0.1) is 9.50 Å². The summed E-state index contributed by atoms with van der Waals surface area (Å²) in [6.45, 7) is 2.00. The molecule has 0 aliphatic rings. The molecule has 1 nitrogen and oxygen atoms in total. The molecular weight excluding hydrogens is 341 g/mol.